The second-order valence-corrected chi connectivity index (χ2v) is 12.6. The number of carbonyl (C=O) groups is 3. The maximum Gasteiger partial charge on any atom is 0.408 e. The summed E-state index contributed by atoms with van der Waals surface area (Å²) in [6, 6.07) is 11.2. The van der Waals surface area contributed by atoms with E-state index in [9.17, 15) is 14.4 Å². The van der Waals surface area contributed by atoms with E-state index in [1.54, 1.807) is 43.5 Å². The monoisotopic (exact) mass is 603 g/mol. The van der Waals surface area contributed by atoms with Gasteiger partial charge < -0.3 is 20.3 Å². The fourth-order valence-electron chi connectivity index (χ4n) is 4.54. The van der Waals surface area contributed by atoms with Crippen molar-refractivity contribution in [3.63, 3.8) is 0 Å². The Balaban J connectivity index is 2.58. The molecule has 0 heterocycles. The van der Waals surface area contributed by atoms with Crippen molar-refractivity contribution in [2.24, 2.45) is 0 Å². The molecule has 0 radical (unpaired) electrons. The van der Waals surface area contributed by atoms with Crippen LogP contribution in [0.2, 0.25) is 5.02 Å². The summed E-state index contributed by atoms with van der Waals surface area (Å²) in [7, 11) is 0. The molecule has 2 unspecified atom stereocenters. The molecule has 7 nitrogen and oxygen atoms in total. The molecule has 226 valence electrons. The predicted molar refractivity (Wildman–Crippen MR) is 171 cm³/mol. The number of unbranched alkanes of at least 4 members (excludes halogenated alkanes) is 3. The molecule has 0 aliphatic heterocycles. The van der Waals surface area contributed by atoms with Gasteiger partial charge in [-0.2, -0.15) is 11.8 Å². The number of carbonyl (C=O) groups excluding carboxylic acids is 3. The quantitative estimate of drug-likeness (QED) is 0.216. The van der Waals surface area contributed by atoms with Crippen LogP contribution in [0.25, 0.3) is 0 Å². The molecule has 0 fully saturated rings. The van der Waals surface area contributed by atoms with Gasteiger partial charge in [0.15, 0.2) is 0 Å². The Morgan fingerprint density at radius 3 is 2.29 bits per heavy atom. The maximum atomic E-state index is 14.4. The number of nitrogens with zero attached hydrogens (tertiary/aromatic N) is 1. The van der Waals surface area contributed by atoms with Crippen LogP contribution in [-0.2, 0) is 14.3 Å². The molecule has 0 saturated carbocycles. The highest BCUT2D eigenvalue weighted by atomic mass is 35.5. The molecule has 2 aromatic carbocycles. The Labute approximate surface area is 255 Å². The van der Waals surface area contributed by atoms with Gasteiger partial charge in [0, 0.05) is 6.54 Å². The number of amides is 3. The topological polar surface area (TPSA) is 87.7 Å². The molecule has 0 aromatic heterocycles. The highest BCUT2D eigenvalue weighted by Gasteiger charge is 2.37. The molecule has 0 bridgehead atoms. The third kappa shape index (κ3) is 10.9. The summed E-state index contributed by atoms with van der Waals surface area (Å²) in [4.78, 5) is 43.0. The summed E-state index contributed by atoms with van der Waals surface area (Å²) < 4.78 is 5.49. The lowest BCUT2D eigenvalue weighted by molar-refractivity contribution is -0.141. The lowest BCUT2D eigenvalue weighted by Crippen LogP contribution is -2.53. The van der Waals surface area contributed by atoms with E-state index in [0.717, 1.165) is 42.4 Å². The van der Waals surface area contributed by atoms with E-state index >= 15 is 0 Å². The van der Waals surface area contributed by atoms with Crippen LogP contribution in [0, 0.1) is 13.8 Å². The molecular formula is C32H46ClN3O4S. The molecule has 2 N–H and O–H groups in total. The van der Waals surface area contributed by atoms with Gasteiger partial charge in [-0.3, -0.25) is 9.59 Å². The van der Waals surface area contributed by atoms with Gasteiger partial charge in [-0.05, 0) is 82.2 Å². The van der Waals surface area contributed by atoms with Crippen molar-refractivity contribution in [1.29, 1.82) is 0 Å². The van der Waals surface area contributed by atoms with Crippen molar-refractivity contribution in [3.05, 3.63) is 64.2 Å². The standard InChI is InChI=1S/C32H46ClN3O4S/c1-8-9-10-13-20-36(30(38)26(19-21-41-7)34-31(39)40-32(4,5)6)28(24-17-12-11-15-22(24)2)29(37)35-27-23(3)16-14-18-25(27)33/h11-12,14-18,26,28H,8-10,13,19-21H2,1-7H3,(H,34,39)(H,35,37). The molecule has 0 aliphatic carbocycles. The second kappa shape index (κ2) is 16.7. The van der Waals surface area contributed by atoms with Crippen molar-refractivity contribution in [3.8, 4) is 0 Å². The fraction of sp³-hybridized carbons (Fsp3) is 0.531. The molecule has 2 rings (SSSR count). The number of para-hydroxylation sites is 1. The van der Waals surface area contributed by atoms with E-state index in [2.05, 4.69) is 17.6 Å². The van der Waals surface area contributed by atoms with Crippen molar-refractivity contribution in [1.82, 2.24) is 10.2 Å². The minimum absolute atomic E-state index is 0.319. The lowest BCUT2D eigenvalue weighted by Gasteiger charge is -2.35. The van der Waals surface area contributed by atoms with Crippen LogP contribution in [0.5, 0.6) is 0 Å². The number of hydrogen-bond acceptors (Lipinski definition) is 5. The molecular weight excluding hydrogens is 558 g/mol. The normalized spacial score (nSPS) is 12.8. The lowest BCUT2D eigenvalue weighted by atomic mass is 9.97. The Morgan fingerprint density at radius 1 is 1.00 bits per heavy atom. The Hall–Kier alpha value is -2.71. The number of anilines is 1. The second-order valence-electron chi connectivity index (χ2n) is 11.3. The van der Waals surface area contributed by atoms with Crippen LogP contribution in [-0.4, -0.2) is 53.0 Å². The zero-order valence-electron chi connectivity index (χ0n) is 25.5. The van der Waals surface area contributed by atoms with E-state index in [-0.39, 0.29) is 11.8 Å². The maximum absolute atomic E-state index is 14.4. The van der Waals surface area contributed by atoms with E-state index in [1.165, 1.54) is 0 Å². The number of thioether (sulfide) groups is 1. The summed E-state index contributed by atoms with van der Waals surface area (Å²) in [6.45, 7) is 11.6. The molecule has 2 atom stereocenters. The Morgan fingerprint density at radius 2 is 1.68 bits per heavy atom. The average molecular weight is 604 g/mol. The first-order valence-corrected chi connectivity index (χ1v) is 16.1. The fourth-order valence-corrected chi connectivity index (χ4v) is 5.29. The Kier molecular flexibility index (Phi) is 14.0. The molecule has 9 heteroatoms. The van der Waals surface area contributed by atoms with E-state index < -0.39 is 23.8 Å². The van der Waals surface area contributed by atoms with Gasteiger partial charge in [0.1, 0.15) is 17.7 Å². The minimum atomic E-state index is -0.932. The summed E-state index contributed by atoms with van der Waals surface area (Å²) in [5.41, 5.74) is 2.23. The third-order valence-corrected chi connectivity index (χ3v) is 7.61. The van der Waals surface area contributed by atoms with E-state index in [0.29, 0.717) is 29.4 Å². The first kappa shape index (κ1) is 34.5. The highest BCUT2D eigenvalue weighted by molar-refractivity contribution is 7.98. The van der Waals surface area contributed by atoms with Crippen LogP contribution < -0.4 is 10.6 Å². The van der Waals surface area contributed by atoms with Crippen molar-refractivity contribution < 1.29 is 19.1 Å². The SMILES string of the molecule is CCCCCCN(C(=O)C(CCSC)NC(=O)OC(C)(C)C)C(C(=O)Nc1c(C)cccc1Cl)c1ccccc1C. The van der Waals surface area contributed by atoms with Crippen LogP contribution in [0.3, 0.4) is 0 Å². The van der Waals surface area contributed by atoms with Crippen molar-refractivity contribution in [2.45, 2.75) is 91.3 Å². The van der Waals surface area contributed by atoms with Crippen LogP contribution in [0.15, 0.2) is 42.5 Å². The molecule has 0 spiro atoms. The molecule has 0 aliphatic rings. The highest BCUT2D eigenvalue weighted by Crippen LogP contribution is 2.31. The predicted octanol–water partition coefficient (Wildman–Crippen LogP) is 7.69. The van der Waals surface area contributed by atoms with E-state index in [4.69, 9.17) is 16.3 Å². The van der Waals surface area contributed by atoms with Crippen molar-refractivity contribution in [2.75, 3.05) is 23.9 Å². The minimum Gasteiger partial charge on any atom is -0.444 e. The van der Waals surface area contributed by atoms with Crippen LogP contribution in [0.4, 0.5) is 10.5 Å². The number of ether oxygens (including phenoxy) is 1. The number of hydrogen-bond donors (Lipinski definition) is 2. The van der Waals surface area contributed by atoms with E-state index in [1.807, 2.05) is 56.5 Å². The molecule has 41 heavy (non-hydrogen) atoms. The molecule has 2 aromatic rings. The third-order valence-electron chi connectivity index (χ3n) is 6.65. The number of benzene rings is 2. The first-order valence-electron chi connectivity index (χ1n) is 14.3. The Bertz CT molecular complexity index is 1150. The number of aryl methyl sites for hydroxylation is 2. The van der Waals surface area contributed by atoms with Gasteiger partial charge in [0.05, 0.1) is 10.7 Å². The van der Waals surface area contributed by atoms with Gasteiger partial charge in [-0.15, -0.1) is 0 Å². The van der Waals surface area contributed by atoms with Gasteiger partial charge in [0.2, 0.25) is 5.91 Å². The summed E-state index contributed by atoms with van der Waals surface area (Å²) >= 11 is 8.06. The largest absolute Gasteiger partial charge is 0.444 e. The number of nitrogens with one attached hydrogen (secondary N) is 2. The summed E-state index contributed by atoms with van der Waals surface area (Å²) in [5, 5.41) is 6.24. The van der Waals surface area contributed by atoms with Gasteiger partial charge in [-0.1, -0.05) is 74.2 Å². The van der Waals surface area contributed by atoms with Gasteiger partial charge in [0.25, 0.3) is 5.91 Å². The zero-order valence-corrected chi connectivity index (χ0v) is 27.1. The van der Waals surface area contributed by atoms with Crippen LogP contribution in [0.1, 0.15) is 82.5 Å². The molecule has 3 amide bonds. The number of rotatable bonds is 14. The van der Waals surface area contributed by atoms with Crippen LogP contribution >= 0.6 is 23.4 Å². The van der Waals surface area contributed by atoms with Gasteiger partial charge in [-0.25, -0.2) is 4.79 Å². The average Bonchev–Trinajstić information content (AvgIpc) is 2.89. The summed E-state index contributed by atoms with van der Waals surface area (Å²) in [5.74, 6) is -0.0310. The summed E-state index contributed by atoms with van der Waals surface area (Å²) in [6.07, 6.45) is 5.39. The zero-order chi connectivity index (χ0) is 30.6. The number of alkyl carbamates (subject to hydrolysis) is 1. The van der Waals surface area contributed by atoms with Gasteiger partial charge >= 0.3 is 6.09 Å². The molecule has 0 saturated heterocycles. The number of halogens is 1. The smallest absolute Gasteiger partial charge is 0.408 e. The first-order chi connectivity index (χ1) is 19.4. The van der Waals surface area contributed by atoms with Crippen molar-refractivity contribution >= 4 is 47.0 Å².